The number of imidazole rings is 1. The third kappa shape index (κ3) is 3.16. The molecule has 3 aromatic rings. The van der Waals surface area contributed by atoms with Gasteiger partial charge < -0.3 is 4.98 Å². The highest BCUT2D eigenvalue weighted by Crippen LogP contribution is 2.19. The van der Waals surface area contributed by atoms with E-state index in [-0.39, 0.29) is 0 Å². The molecule has 6 heteroatoms. The minimum Gasteiger partial charge on any atom is -0.342 e. The molecule has 0 amide bonds. The molecule has 0 aliphatic rings. The molecule has 0 saturated carbocycles. The molecule has 1 heterocycles. The van der Waals surface area contributed by atoms with Crippen LogP contribution in [0.15, 0.2) is 51.8 Å². The topological polar surface area (TPSA) is 62.8 Å². The first-order valence-corrected chi connectivity index (χ1v) is 9.03. The summed E-state index contributed by atoms with van der Waals surface area (Å²) in [4.78, 5) is 7.98. The van der Waals surface area contributed by atoms with Crippen LogP contribution in [-0.2, 0) is 16.3 Å². The third-order valence-corrected chi connectivity index (χ3v) is 4.79. The van der Waals surface area contributed by atoms with Crippen molar-refractivity contribution in [1.29, 1.82) is 0 Å². The molecule has 4 nitrogen and oxygen atoms in total. The number of aromatic nitrogens is 2. The van der Waals surface area contributed by atoms with E-state index in [1.807, 2.05) is 24.3 Å². The predicted octanol–water partition coefficient (Wildman–Crippen LogP) is 3.32. The van der Waals surface area contributed by atoms with Crippen molar-refractivity contribution in [2.45, 2.75) is 11.3 Å². The molecule has 0 aliphatic carbocycles. The molecule has 0 unspecified atom stereocenters. The maximum Gasteiger partial charge on any atom is 0.175 e. The summed E-state index contributed by atoms with van der Waals surface area (Å²) in [5.74, 6) is 0.814. The van der Waals surface area contributed by atoms with Crippen molar-refractivity contribution in [3.8, 4) is 0 Å². The highest BCUT2D eigenvalue weighted by atomic mass is 79.9. The van der Waals surface area contributed by atoms with E-state index in [0.29, 0.717) is 11.3 Å². The second-order valence-corrected chi connectivity index (χ2v) is 7.87. The van der Waals surface area contributed by atoms with Crippen LogP contribution in [0.5, 0.6) is 0 Å². The van der Waals surface area contributed by atoms with Gasteiger partial charge in [-0.1, -0.05) is 28.1 Å². The van der Waals surface area contributed by atoms with Crippen LogP contribution < -0.4 is 0 Å². The van der Waals surface area contributed by atoms with Gasteiger partial charge in [-0.05, 0) is 35.9 Å². The van der Waals surface area contributed by atoms with E-state index in [4.69, 9.17) is 0 Å². The largest absolute Gasteiger partial charge is 0.342 e. The number of benzene rings is 2. The van der Waals surface area contributed by atoms with Crippen molar-refractivity contribution in [3.05, 3.63) is 58.3 Å². The van der Waals surface area contributed by atoms with Gasteiger partial charge in [-0.15, -0.1) is 0 Å². The molecule has 0 aliphatic heterocycles. The number of hydrogen-bond acceptors (Lipinski definition) is 3. The highest BCUT2D eigenvalue weighted by molar-refractivity contribution is 9.10. The molecular formula is C15H13BrN2O2S. The Hall–Kier alpha value is -1.66. The SMILES string of the molecule is CS(=O)(=O)c1ccc2nc(Cc3cccc(Br)c3)[nH]c2c1. The number of H-pyrrole nitrogens is 1. The Kier molecular flexibility index (Phi) is 3.59. The molecule has 0 radical (unpaired) electrons. The average molecular weight is 365 g/mol. The lowest BCUT2D eigenvalue weighted by Crippen LogP contribution is -1.96. The van der Waals surface area contributed by atoms with Crippen molar-refractivity contribution in [1.82, 2.24) is 9.97 Å². The zero-order chi connectivity index (χ0) is 15.0. The standard InChI is InChI=1S/C15H13BrN2O2S/c1-21(19,20)12-5-6-13-14(9-12)18-15(17-13)8-10-3-2-4-11(16)7-10/h2-7,9H,8H2,1H3,(H,17,18). The first-order valence-electron chi connectivity index (χ1n) is 6.35. The Bertz CT molecular complexity index is 916. The zero-order valence-corrected chi connectivity index (χ0v) is 13.7. The number of nitrogens with one attached hydrogen (secondary N) is 1. The Morgan fingerprint density at radius 1 is 1.19 bits per heavy atom. The Labute approximate surface area is 131 Å². The fourth-order valence-electron chi connectivity index (χ4n) is 2.20. The van der Waals surface area contributed by atoms with Gasteiger partial charge in [0.25, 0.3) is 0 Å². The molecule has 0 bridgehead atoms. The maximum atomic E-state index is 11.6. The van der Waals surface area contributed by atoms with Crippen molar-refractivity contribution in [2.75, 3.05) is 6.26 Å². The van der Waals surface area contributed by atoms with Crippen molar-refractivity contribution >= 4 is 36.8 Å². The summed E-state index contributed by atoms with van der Waals surface area (Å²) in [6, 6.07) is 13.0. The van der Waals surface area contributed by atoms with Crippen molar-refractivity contribution < 1.29 is 8.42 Å². The lowest BCUT2D eigenvalue weighted by atomic mass is 10.1. The van der Waals surface area contributed by atoms with Gasteiger partial charge in [0.2, 0.25) is 0 Å². The maximum absolute atomic E-state index is 11.6. The normalized spacial score (nSPS) is 11.9. The molecule has 21 heavy (non-hydrogen) atoms. The van der Waals surface area contributed by atoms with E-state index in [9.17, 15) is 8.42 Å². The number of rotatable bonds is 3. The predicted molar refractivity (Wildman–Crippen MR) is 86.2 cm³/mol. The van der Waals surface area contributed by atoms with E-state index < -0.39 is 9.84 Å². The zero-order valence-electron chi connectivity index (χ0n) is 11.3. The molecule has 108 valence electrons. The summed E-state index contributed by atoms with van der Waals surface area (Å²) < 4.78 is 24.2. The van der Waals surface area contributed by atoms with Gasteiger partial charge >= 0.3 is 0 Å². The third-order valence-electron chi connectivity index (χ3n) is 3.19. The molecular weight excluding hydrogens is 352 g/mol. The first-order chi connectivity index (χ1) is 9.91. The van der Waals surface area contributed by atoms with Gasteiger partial charge in [-0.3, -0.25) is 0 Å². The van der Waals surface area contributed by atoms with E-state index in [2.05, 4.69) is 25.9 Å². The van der Waals surface area contributed by atoms with Crippen LogP contribution in [0.2, 0.25) is 0 Å². The van der Waals surface area contributed by atoms with Crippen LogP contribution in [0.3, 0.4) is 0 Å². The number of hydrogen-bond donors (Lipinski definition) is 1. The summed E-state index contributed by atoms with van der Waals surface area (Å²) in [6.45, 7) is 0. The van der Waals surface area contributed by atoms with E-state index in [0.717, 1.165) is 26.9 Å². The number of sulfone groups is 1. The smallest absolute Gasteiger partial charge is 0.175 e. The summed E-state index contributed by atoms with van der Waals surface area (Å²) in [6.07, 6.45) is 1.87. The number of halogens is 1. The Morgan fingerprint density at radius 2 is 2.00 bits per heavy atom. The molecule has 0 fully saturated rings. The van der Waals surface area contributed by atoms with Crippen LogP contribution in [0.25, 0.3) is 11.0 Å². The van der Waals surface area contributed by atoms with Gasteiger partial charge in [0.1, 0.15) is 5.82 Å². The van der Waals surface area contributed by atoms with Gasteiger partial charge in [-0.2, -0.15) is 0 Å². The fraction of sp³-hybridized carbons (Fsp3) is 0.133. The van der Waals surface area contributed by atoms with E-state index in [1.165, 1.54) is 6.26 Å². The second-order valence-electron chi connectivity index (χ2n) is 4.94. The second kappa shape index (κ2) is 5.27. The van der Waals surface area contributed by atoms with Crippen LogP contribution in [0, 0.1) is 0 Å². The quantitative estimate of drug-likeness (QED) is 0.775. The van der Waals surface area contributed by atoms with Gasteiger partial charge in [0.15, 0.2) is 9.84 Å². The average Bonchev–Trinajstić information content (AvgIpc) is 2.78. The Balaban J connectivity index is 1.98. The lowest BCUT2D eigenvalue weighted by Gasteiger charge is -1.98. The monoisotopic (exact) mass is 364 g/mol. The number of aromatic amines is 1. The molecule has 3 rings (SSSR count). The van der Waals surface area contributed by atoms with Gasteiger partial charge in [-0.25, -0.2) is 13.4 Å². The molecule has 1 N–H and O–H groups in total. The minimum atomic E-state index is -3.20. The van der Waals surface area contributed by atoms with Gasteiger partial charge in [0, 0.05) is 17.1 Å². The molecule has 2 aromatic carbocycles. The van der Waals surface area contributed by atoms with Crippen LogP contribution in [0.4, 0.5) is 0 Å². The summed E-state index contributed by atoms with van der Waals surface area (Å²) in [5.41, 5.74) is 2.64. The summed E-state index contributed by atoms with van der Waals surface area (Å²) in [7, 11) is -3.20. The molecule has 0 spiro atoms. The van der Waals surface area contributed by atoms with Crippen molar-refractivity contribution in [3.63, 3.8) is 0 Å². The number of nitrogens with zero attached hydrogens (tertiary/aromatic N) is 1. The molecule has 0 atom stereocenters. The molecule has 0 saturated heterocycles. The fourth-order valence-corrected chi connectivity index (χ4v) is 3.29. The lowest BCUT2D eigenvalue weighted by molar-refractivity contribution is 0.602. The van der Waals surface area contributed by atoms with Crippen molar-refractivity contribution in [2.24, 2.45) is 0 Å². The summed E-state index contributed by atoms with van der Waals surface area (Å²) in [5, 5.41) is 0. The highest BCUT2D eigenvalue weighted by Gasteiger charge is 2.10. The van der Waals surface area contributed by atoms with Crippen LogP contribution >= 0.6 is 15.9 Å². The van der Waals surface area contributed by atoms with E-state index >= 15 is 0 Å². The van der Waals surface area contributed by atoms with Crippen LogP contribution in [0.1, 0.15) is 11.4 Å². The first kappa shape index (κ1) is 14.3. The Morgan fingerprint density at radius 3 is 2.71 bits per heavy atom. The minimum absolute atomic E-state index is 0.299. The van der Waals surface area contributed by atoms with E-state index in [1.54, 1.807) is 18.2 Å². The molecule has 1 aromatic heterocycles. The summed E-state index contributed by atoms with van der Waals surface area (Å²) >= 11 is 3.44. The van der Waals surface area contributed by atoms with Crippen LogP contribution in [-0.4, -0.2) is 24.6 Å². The number of fused-ring (bicyclic) bond motifs is 1. The van der Waals surface area contributed by atoms with Gasteiger partial charge in [0.05, 0.1) is 15.9 Å².